The van der Waals surface area contributed by atoms with Crippen LogP contribution < -0.4 is 11.0 Å². The monoisotopic (exact) mass is 445 g/mol. The Hall–Kier alpha value is -3.19. The van der Waals surface area contributed by atoms with Crippen molar-refractivity contribution in [3.63, 3.8) is 0 Å². The number of aromatic nitrogens is 4. The number of rotatable bonds is 4. The summed E-state index contributed by atoms with van der Waals surface area (Å²) in [5, 5.41) is 14.5. The molecule has 1 aliphatic heterocycles. The van der Waals surface area contributed by atoms with Gasteiger partial charge in [-0.05, 0) is 68.4 Å². The van der Waals surface area contributed by atoms with E-state index in [4.69, 9.17) is 4.74 Å². The molecule has 1 N–H and O–H groups in total. The molecule has 0 aliphatic carbocycles. The Morgan fingerprint density at radius 2 is 1.70 bits per heavy atom. The number of anilines is 1. The molecular formula is C26H31N5O2. The second-order valence-electron chi connectivity index (χ2n) is 9.24. The first kappa shape index (κ1) is 21.6. The third-order valence-corrected chi connectivity index (χ3v) is 7.25. The van der Waals surface area contributed by atoms with Gasteiger partial charge in [-0.1, -0.05) is 18.2 Å². The Bertz CT molecular complexity index is 1410. The topological polar surface area (TPSA) is 74.0 Å². The highest BCUT2D eigenvalue weighted by atomic mass is 16.5. The molecular weight excluding hydrogens is 414 g/mol. The molecule has 0 saturated carbocycles. The van der Waals surface area contributed by atoms with Gasteiger partial charge in [-0.3, -0.25) is 9.13 Å². The van der Waals surface area contributed by atoms with E-state index in [0.29, 0.717) is 5.92 Å². The van der Waals surface area contributed by atoms with E-state index >= 15 is 0 Å². The summed E-state index contributed by atoms with van der Waals surface area (Å²) in [5.74, 6) is 1.29. The molecule has 0 unspecified atom stereocenters. The highest BCUT2D eigenvalue weighted by Crippen LogP contribution is 2.34. The Kier molecular flexibility index (Phi) is 5.44. The Morgan fingerprint density at radius 1 is 1.03 bits per heavy atom. The molecule has 5 rings (SSSR count). The van der Waals surface area contributed by atoms with Crippen molar-refractivity contribution in [3.05, 3.63) is 63.2 Å². The second kappa shape index (κ2) is 8.30. The molecule has 2 aromatic carbocycles. The molecule has 7 heteroatoms. The van der Waals surface area contributed by atoms with Gasteiger partial charge in [0, 0.05) is 38.1 Å². The largest absolute Gasteiger partial charge is 0.381 e. The molecule has 4 aromatic rings. The standard InChI is InChI=1S/C26H31N5O2/c1-15-19(7-6-8-20(15)18-9-11-33-12-10-18)16(2)27-25-22-14-24-23(30(4)26(32)31(24)5)13-21(22)17(3)28-29-25/h6-8,13-14,16,18H,9-12H2,1-5H3,(H,27,29)/t16-/m1/s1. The van der Waals surface area contributed by atoms with Gasteiger partial charge in [-0.15, -0.1) is 5.10 Å². The summed E-state index contributed by atoms with van der Waals surface area (Å²) in [7, 11) is 3.61. The third-order valence-electron chi connectivity index (χ3n) is 7.25. The van der Waals surface area contributed by atoms with E-state index in [2.05, 4.69) is 47.6 Å². The first-order valence-electron chi connectivity index (χ1n) is 11.6. The first-order chi connectivity index (χ1) is 15.9. The molecule has 1 aliphatic rings. The van der Waals surface area contributed by atoms with Crippen molar-refractivity contribution in [2.75, 3.05) is 18.5 Å². The van der Waals surface area contributed by atoms with Gasteiger partial charge >= 0.3 is 5.69 Å². The van der Waals surface area contributed by atoms with Gasteiger partial charge < -0.3 is 10.1 Å². The quantitative estimate of drug-likeness (QED) is 0.501. The van der Waals surface area contributed by atoms with Gasteiger partial charge in [0.2, 0.25) is 0 Å². The van der Waals surface area contributed by atoms with Crippen molar-refractivity contribution < 1.29 is 4.74 Å². The lowest BCUT2D eigenvalue weighted by atomic mass is 9.85. The smallest absolute Gasteiger partial charge is 0.328 e. The van der Waals surface area contributed by atoms with E-state index in [1.807, 2.05) is 19.1 Å². The Morgan fingerprint density at radius 3 is 2.39 bits per heavy atom. The van der Waals surface area contributed by atoms with Gasteiger partial charge in [0.05, 0.1) is 22.8 Å². The van der Waals surface area contributed by atoms with Crippen LogP contribution >= 0.6 is 0 Å². The van der Waals surface area contributed by atoms with Crippen molar-refractivity contribution in [1.29, 1.82) is 0 Å². The lowest BCUT2D eigenvalue weighted by Crippen LogP contribution is -2.19. The van der Waals surface area contributed by atoms with Crippen molar-refractivity contribution in [3.8, 4) is 0 Å². The first-order valence-corrected chi connectivity index (χ1v) is 11.6. The van der Waals surface area contributed by atoms with Crippen molar-refractivity contribution in [1.82, 2.24) is 19.3 Å². The summed E-state index contributed by atoms with van der Waals surface area (Å²) in [6, 6.07) is 10.8. The third kappa shape index (κ3) is 3.60. The van der Waals surface area contributed by atoms with Gasteiger partial charge in [-0.25, -0.2) is 4.79 Å². The summed E-state index contributed by atoms with van der Waals surface area (Å²) in [5.41, 5.74) is 6.61. The van der Waals surface area contributed by atoms with Crippen LogP contribution in [0.2, 0.25) is 0 Å². The molecule has 1 saturated heterocycles. The Balaban J connectivity index is 1.55. The van der Waals surface area contributed by atoms with E-state index in [9.17, 15) is 4.79 Å². The highest BCUT2D eigenvalue weighted by Gasteiger charge is 2.21. The maximum atomic E-state index is 12.5. The van der Waals surface area contributed by atoms with Crippen molar-refractivity contribution >= 4 is 27.6 Å². The molecule has 1 atom stereocenters. The zero-order valence-electron chi connectivity index (χ0n) is 20.0. The number of nitrogens with one attached hydrogen (secondary N) is 1. The van der Waals surface area contributed by atoms with Crippen LogP contribution in [0.1, 0.15) is 54.1 Å². The zero-order chi connectivity index (χ0) is 23.3. The summed E-state index contributed by atoms with van der Waals surface area (Å²) in [6.45, 7) is 8.02. The van der Waals surface area contributed by atoms with E-state index in [1.165, 1.54) is 16.7 Å². The maximum absolute atomic E-state index is 12.5. The fourth-order valence-corrected chi connectivity index (χ4v) is 5.25. The number of hydrogen-bond donors (Lipinski definition) is 1. The average Bonchev–Trinajstić information content (AvgIpc) is 3.04. The lowest BCUT2D eigenvalue weighted by Gasteiger charge is -2.26. The molecule has 0 bridgehead atoms. The van der Waals surface area contributed by atoms with Crippen LogP contribution in [0, 0.1) is 13.8 Å². The molecule has 0 spiro atoms. The normalized spacial score (nSPS) is 15.9. The minimum atomic E-state index is -0.0395. The number of fused-ring (bicyclic) bond motifs is 2. The number of hydrogen-bond acceptors (Lipinski definition) is 5. The SMILES string of the molecule is Cc1c(C2CCOCC2)cccc1[C@@H](C)Nc1nnc(C)c2cc3c(cc12)n(C)c(=O)n3C. The molecule has 0 amide bonds. The fourth-order valence-electron chi connectivity index (χ4n) is 5.25. The van der Waals surface area contributed by atoms with Crippen LogP contribution in [0.25, 0.3) is 21.8 Å². The van der Waals surface area contributed by atoms with Crippen molar-refractivity contribution in [2.24, 2.45) is 14.1 Å². The summed E-state index contributed by atoms with van der Waals surface area (Å²) in [6.07, 6.45) is 2.15. The van der Waals surface area contributed by atoms with Gasteiger partial charge in [0.1, 0.15) is 0 Å². The summed E-state index contributed by atoms with van der Waals surface area (Å²) in [4.78, 5) is 12.5. The number of imidazole rings is 1. The molecule has 172 valence electrons. The predicted octanol–water partition coefficient (Wildman–Crippen LogP) is 4.50. The maximum Gasteiger partial charge on any atom is 0.328 e. The minimum absolute atomic E-state index is 0.0395. The van der Waals surface area contributed by atoms with Crippen LogP contribution in [0.4, 0.5) is 5.82 Å². The molecule has 2 aromatic heterocycles. The molecule has 3 heterocycles. The highest BCUT2D eigenvalue weighted by molar-refractivity contribution is 6.01. The molecule has 33 heavy (non-hydrogen) atoms. The fraction of sp³-hybridized carbons (Fsp3) is 0.423. The number of ether oxygens (including phenoxy) is 1. The van der Waals surface area contributed by atoms with Gasteiger partial charge in [0.15, 0.2) is 5.82 Å². The number of nitrogens with zero attached hydrogens (tertiary/aromatic N) is 4. The average molecular weight is 446 g/mol. The second-order valence-corrected chi connectivity index (χ2v) is 9.24. The Labute approximate surface area is 193 Å². The number of aryl methyl sites for hydroxylation is 3. The molecule has 0 radical (unpaired) electrons. The van der Waals surface area contributed by atoms with E-state index < -0.39 is 0 Å². The van der Waals surface area contributed by atoms with E-state index in [0.717, 1.165) is 59.4 Å². The summed E-state index contributed by atoms with van der Waals surface area (Å²) >= 11 is 0. The number of benzene rings is 2. The van der Waals surface area contributed by atoms with Crippen LogP contribution in [-0.4, -0.2) is 32.5 Å². The molecule has 7 nitrogen and oxygen atoms in total. The van der Waals surface area contributed by atoms with Gasteiger partial charge in [-0.2, -0.15) is 5.10 Å². The lowest BCUT2D eigenvalue weighted by molar-refractivity contribution is 0.0852. The van der Waals surface area contributed by atoms with Crippen LogP contribution in [0.5, 0.6) is 0 Å². The van der Waals surface area contributed by atoms with Crippen molar-refractivity contribution in [2.45, 2.75) is 45.6 Å². The predicted molar refractivity (Wildman–Crippen MR) is 132 cm³/mol. The summed E-state index contributed by atoms with van der Waals surface area (Å²) < 4.78 is 8.92. The van der Waals surface area contributed by atoms with Gasteiger partial charge in [0.25, 0.3) is 0 Å². The van der Waals surface area contributed by atoms with E-state index in [1.54, 1.807) is 23.2 Å². The van der Waals surface area contributed by atoms with Crippen LogP contribution in [0.3, 0.4) is 0 Å². The minimum Gasteiger partial charge on any atom is -0.381 e. The molecule has 1 fully saturated rings. The van der Waals surface area contributed by atoms with Crippen LogP contribution in [-0.2, 0) is 18.8 Å². The van der Waals surface area contributed by atoms with E-state index in [-0.39, 0.29) is 11.7 Å². The zero-order valence-corrected chi connectivity index (χ0v) is 20.0. The van der Waals surface area contributed by atoms with Crippen LogP contribution in [0.15, 0.2) is 35.1 Å².